The monoisotopic (exact) mass is 455 g/mol. The Hall–Kier alpha value is -4.04. The summed E-state index contributed by atoms with van der Waals surface area (Å²) in [5.41, 5.74) is 3.84. The van der Waals surface area contributed by atoms with Crippen molar-refractivity contribution in [2.24, 2.45) is 7.05 Å². The van der Waals surface area contributed by atoms with Gasteiger partial charge in [-0.15, -0.1) is 0 Å². The number of carbonyl (C=O) groups excluding carboxylic acids is 2. The molecule has 1 fully saturated rings. The summed E-state index contributed by atoms with van der Waals surface area (Å²) >= 11 is 0. The van der Waals surface area contributed by atoms with Gasteiger partial charge in [-0.05, 0) is 42.7 Å². The second-order valence-electron chi connectivity index (χ2n) is 8.51. The summed E-state index contributed by atoms with van der Waals surface area (Å²) in [6.45, 7) is -0.0822. The maximum atomic E-state index is 13.6. The van der Waals surface area contributed by atoms with Crippen LogP contribution in [0, 0.1) is 0 Å². The third kappa shape index (κ3) is 4.04. The van der Waals surface area contributed by atoms with Crippen LogP contribution in [0.2, 0.25) is 0 Å². The molecule has 8 heteroatoms. The summed E-state index contributed by atoms with van der Waals surface area (Å²) in [6, 6.07) is 17.2. The molecule has 0 radical (unpaired) electrons. The lowest BCUT2D eigenvalue weighted by atomic mass is 10.0. The molecule has 172 valence electrons. The third-order valence-corrected chi connectivity index (χ3v) is 6.14. The Morgan fingerprint density at radius 3 is 2.50 bits per heavy atom. The number of anilines is 1. The van der Waals surface area contributed by atoms with E-state index in [1.165, 1.54) is 7.11 Å². The number of carbonyl (C=O) groups is 2. The smallest absolute Gasteiger partial charge is 0.254 e. The van der Waals surface area contributed by atoms with Crippen molar-refractivity contribution in [3.8, 4) is 11.4 Å². The van der Waals surface area contributed by atoms with Crippen LogP contribution in [0.5, 0.6) is 0 Å². The number of aryl methyl sites for hydroxylation is 1. The number of nitrogens with one attached hydrogen (secondary N) is 2. The number of imidazole rings is 1. The van der Waals surface area contributed by atoms with Crippen molar-refractivity contribution in [1.29, 1.82) is 0 Å². The molecule has 1 aliphatic rings. The largest absolute Gasteiger partial charge is 0.375 e. The Balaban J connectivity index is 1.59. The summed E-state index contributed by atoms with van der Waals surface area (Å²) in [4.78, 5) is 34.7. The average Bonchev–Trinajstić information content (AvgIpc) is 3.56. The fourth-order valence-electron chi connectivity index (χ4n) is 4.34. The van der Waals surface area contributed by atoms with Crippen LogP contribution in [0.3, 0.4) is 0 Å². The number of fused-ring (bicyclic) bond motifs is 1. The highest BCUT2D eigenvalue weighted by Crippen LogP contribution is 2.45. The van der Waals surface area contributed by atoms with E-state index in [-0.39, 0.29) is 24.0 Å². The Labute approximate surface area is 197 Å². The van der Waals surface area contributed by atoms with Gasteiger partial charge in [0.25, 0.3) is 5.91 Å². The van der Waals surface area contributed by atoms with Gasteiger partial charge in [0.2, 0.25) is 5.91 Å². The van der Waals surface area contributed by atoms with Crippen LogP contribution < -0.4 is 10.6 Å². The minimum Gasteiger partial charge on any atom is -0.375 e. The second-order valence-corrected chi connectivity index (χ2v) is 8.51. The molecule has 2 aromatic heterocycles. The molecule has 1 aliphatic carbocycles. The minimum atomic E-state index is -0.369. The minimum absolute atomic E-state index is 0.0822. The van der Waals surface area contributed by atoms with E-state index in [2.05, 4.69) is 15.6 Å². The van der Waals surface area contributed by atoms with Crippen LogP contribution in [0.25, 0.3) is 22.4 Å². The number of pyridine rings is 1. The van der Waals surface area contributed by atoms with Crippen molar-refractivity contribution in [3.63, 3.8) is 0 Å². The van der Waals surface area contributed by atoms with Gasteiger partial charge in [-0.1, -0.05) is 30.3 Å². The van der Waals surface area contributed by atoms with E-state index in [0.29, 0.717) is 28.1 Å². The quantitative estimate of drug-likeness (QED) is 0.443. The number of hydrogen-bond acceptors (Lipinski definition) is 5. The van der Waals surface area contributed by atoms with Gasteiger partial charge >= 0.3 is 0 Å². The molecule has 0 spiro atoms. The fourth-order valence-corrected chi connectivity index (χ4v) is 4.34. The number of benzene rings is 2. The number of hydrogen-bond donors (Lipinski definition) is 2. The number of nitrogens with zero attached hydrogens (tertiary/aromatic N) is 3. The molecule has 2 N–H and O–H groups in total. The number of aromatic nitrogens is 3. The predicted molar refractivity (Wildman–Crippen MR) is 129 cm³/mol. The summed E-state index contributed by atoms with van der Waals surface area (Å²) < 4.78 is 6.83. The Morgan fingerprint density at radius 1 is 1.09 bits per heavy atom. The molecular formula is C26H25N5O3. The Morgan fingerprint density at radius 2 is 1.82 bits per heavy atom. The van der Waals surface area contributed by atoms with Gasteiger partial charge in [0.1, 0.15) is 12.4 Å². The van der Waals surface area contributed by atoms with Crippen LogP contribution in [0.1, 0.15) is 28.8 Å². The van der Waals surface area contributed by atoms with E-state index in [1.54, 1.807) is 24.5 Å². The number of amides is 2. The van der Waals surface area contributed by atoms with Crippen LogP contribution in [-0.4, -0.2) is 40.1 Å². The zero-order chi connectivity index (χ0) is 23.7. The highest BCUT2D eigenvalue weighted by atomic mass is 16.5. The van der Waals surface area contributed by atoms with Crippen LogP contribution in [0.4, 0.5) is 5.69 Å². The first-order chi connectivity index (χ1) is 16.5. The van der Waals surface area contributed by atoms with E-state index in [9.17, 15) is 9.59 Å². The highest BCUT2D eigenvalue weighted by Gasteiger charge is 2.45. The zero-order valence-corrected chi connectivity index (χ0v) is 19.0. The molecule has 2 aromatic carbocycles. The number of rotatable bonds is 7. The second kappa shape index (κ2) is 8.72. The van der Waals surface area contributed by atoms with Gasteiger partial charge in [-0.2, -0.15) is 0 Å². The summed E-state index contributed by atoms with van der Waals surface area (Å²) in [7, 11) is 3.34. The molecule has 8 nitrogen and oxygen atoms in total. The van der Waals surface area contributed by atoms with Crippen molar-refractivity contribution < 1.29 is 14.3 Å². The lowest BCUT2D eigenvalue weighted by molar-refractivity contribution is -0.119. The molecule has 2 heterocycles. The molecular weight excluding hydrogens is 430 g/mol. The van der Waals surface area contributed by atoms with Gasteiger partial charge in [0.05, 0.1) is 22.1 Å². The standard InChI is InChI=1S/C26H25N5O3/c1-31-23-20(25(33)30-26(10-11-26)18-6-4-3-5-7-18)14-19(28-22(32)16-34-2)15-21(23)29-24(31)17-8-12-27-13-9-17/h3-9,12-15H,10-11,16H2,1-2H3,(H,28,32)(H,30,33). The molecule has 34 heavy (non-hydrogen) atoms. The molecule has 1 saturated carbocycles. The predicted octanol–water partition coefficient (Wildman–Crippen LogP) is 3.64. The lowest BCUT2D eigenvalue weighted by Gasteiger charge is -2.19. The third-order valence-electron chi connectivity index (χ3n) is 6.14. The van der Waals surface area contributed by atoms with E-state index in [1.807, 2.05) is 54.1 Å². The highest BCUT2D eigenvalue weighted by molar-refractivity contribution is 6.08. The fraction of sp³-hybridized carbons (Fsp3) is 0.231. The SMILES string of the molecule is COCC(=O)Nc1cc(C(=O)NC2(c3ccccc3)CC2)c2c(c1)nc(-c1ccncc1)n2C. The topological polar surface area (TPSA) is 98.1 Å². The molecule has 0 atom stereocenters. The maximum Gasteiger partial charge on any atom is 0.254 e. The molecule has 0 saturated heterocycles. The first kappa shape index (κ1) is 21.8. The van der Waals surface area contributed by atoms with Crippen molar-refractivity contribution in [1.82, 2.24) is 19.9 Å². The van der Waals surface area contributed by atoms with Crippen molar-refractivity contribution >= 4 is 28.5 Å². The zero-order valence-electron chi connectivity index (χ0n) is 19.0. The first-order valence-electron chi connectivity index (χ1n) is 11.1. The van der Waals surface area contributed by atoms with E-state index < -0.39 is 0 Å². The van der Waals surface area contributed by atoms with Crippen LogP contribution in [0.15, 0.2) is 67.0 Å². The van der Waals surface area contributed by atoms with Crippen LogP contribution in [-0.2, 0) is 22.1 Å². The van der Waals surface area contributed by atoms with Crippen molar-refractivity contribution in [2.75, 3.05) is 19.0 Å². The average molecular weight is 456 g/mol. The number of methoxy groups -OCH3 is 1. The van der Waals surface area contributed by atoms with Crippen molar-refractivity contribution in [2.45, 2.75) is 18.4 Å². The molecule has 2 amide bonds. The lowest BCUT2D eigenvalue weighted by Crippen LogP contribution is -2.35. The van der Waals surface area contributed by atoms with Gasteiger partial charge < -0.3 is 19.9 Å². The molecule has 0 unspecified atom stereocenters. The molecule has 0 aliphatic heterocycles. The Kier molecular flexibility index (Phi) is 5.59. The summed E-state index contributed by atoms with van der Waals surface area (Å²) in [6.07, 6.45) is 5.17. The van der Waals surface area contributed by atoms with Crippen LogP contribution >= 0.6 is 0 Å². The summed E-state index contributed by atoms with van der Waals surface area (Å²) in [5, 5.41) is 6.05. The van der Waals surface area contributed by atoms with E-state index in [4.69, 9.17) is 9.72 Å². The Bertz CT molecular complexity index is 1360. The van der Waals surface area contributed by atoms with Gasteiger partial charge in [0.15, 0.2) is 0 Å². The van der Waals surface area contributed by atoms with Gasteiger partial charge in [-0.3, -0.25) is 14.6 Å². The van der Waals surface area contributed by atoms with Crippen molar-refractivity contribution in [3.05, 3.63) is 78.1 Å². The summed E-state index contributed by atoms with van der Waals surface area (Å²) in [5.74, 6) is 0.191. The van der Waals surface area contributed by atoms with Gasteiger partial charge in [0, 0.05) is 37.8 Å². The van der Waals surface area contributed by atoms with Gasteiger partial charge in [-0.25, -0.2) is 4.98 Å². The molecule has 4 aromatic rings. The molecule has 5 rings (SSSR count). The van der Waals surface area contributed by atoms with E-state index >= 15 is 0 Å². The number of ether oxygens (including phenoxy) is 1. The molecule has 0 bridgehead atoms. The maximum absolute atomic E-state index is 13.6. The first-order valence-corrected chi connectivity index (χ1v) is 11.1. The van der Waals surface area contributed by atoms with E-state index in [0.717, 1.165) is 24.0 Å². The normalized spacial score (nSPS) is 14.1.